The summed E-state index contributed by atoms with van der Waals surface area (Å²) in [5.41, 5.74) is 2.32. The van der Waals surface area contributed by atoms with E-state index in [1.807, 2.05) is 54.6 Å². The van der Waals surface area contributed by atoms with E-state index in [1.165, 1.54) is 6.92 Å². The first-order valence-corrected chi connectivity index (χ1v) is 9.36. The molecule has 3 rings (SSSR count). The van der Waals surface area contributed by atoms with Crippen molar-refractivity contribution in [2.45, 2.75) is 6.92 Å². The van der Waals surface area contributed by atoms with Gasteiger partial charge in [0.25, 0.3) is 0 Å². The number of esters is 1. The molecule has 0 aliphatic heterocycles. The van der Waals surface area contributed by atoms with Crippen LogP contribution in [0, 0.1) is 0 Å². The average Bonchev–Trinajstić information content (AvgIpc) is 2.61. The number of methoxy groups -OCH3 is 1. The third-order valence-corrected chi connectivity index (χ3v) is 4.69. The second-order valence-electron chi connectivity index (χ2n) is 5.50. The first-order valence-electron chi connectivity index (χ1n) is 7.77. The molecule has 0 saturated carbocycles. The second kappa shape index (κ2) is 8.01. The minimum Gasteiger partial charge on any atom is -0.494 e. The van der Waals surface area contributed by atoms with Gasteiger partial charge in [0.1, 0.15) is 11.3 Å². The Morgan fingerprint density at radius 1 is 1.12 bits per heavy atom. The number of ether oxygens (including phenoxy) is 2. The molecule has 0 bridgehead atoms. The lowest BCUT2D eigenvalue weighted by Gasteiger charge is -2.09. The third-order valence-electron chi connectivity index (χ3n) is 3.64. The van der Waals surface area contributed by atoms with E-state index in [-0.39, 0.29) is 5.97 Å². The van der Waals surface area contributed by atoms with Gasteiger partial charge in [-0.3, -0.25) is 4.79 Å². The first-order chi connectivity index (χ1) is 12.5. The Morgan fingerprint density at radius 3 is 2.65 bits per heavy atom. The molecule has 0 unspecified atom stereocenters. The molecule has 4 nitrogen and oxygen atoms in total. The molecule has 0 N–H and O–H groups in total. The number of nitrogens with zero attached hydrogens (tertiary/aromatic N) is 1. The predicted molar refractivity (Wildman–Crippen MR) is 110 cm³/mol. The van der Waals surface area contributed by atoms with Crippen LogP contribution in [0.2, 0.25) is 0 Å². The molecule has 1 heterocycles. The van der Waals surface area contributed by atoms with Crippen molar-refractivity contribution in [3.8, 4) is 11.5 Å². The Bertz CT molecular complexity index is 1020. The van der Waals surface area contributed by atoms with E-state index in [2.05, 4.69) is 36.8 Å². The van der Waals surface area contributed by atoms with E-state index in [0.29, 0.717) is 10.2 Å². The van der Waals surface area contributed by atoms with Gasteiger partial charge in [-0.05, 0) is 52.3 Å². The SMILES string of the molecule is COc1cccc2ccc(/C=C\c3cc(Br)cc(Br)c3OC(C)=O)nc12. The summed E-state index contributed by atoms with van der Waals surface area (Å²) in [6, 6.07) is 13.4. The molecule has 1 aromatic heterocycles. The Morgan fingerprint density at radius 2 is 1.92 bits per heavy atom. The number of carbonyl (C=O) groups excluding carboxylic acids is 1. The highest BCUT2D eigenvalue weighted by Crippen LogP contribution is 2.34. The Hall–Kier alpha value is -2.18. The van der Waals surface area contributed by atoms with Gasteiger partial charge >= 0.3 is 5.97 Å². The smallest absolute Gasteiger partial charge is 0.308 e. The summed E-state index contributed by atoms with van der Waals surface area (Å²) in [5.74, 6) is 0.815. The third kappa shape index (κ3) is 4.14. The number of hydrogen-bond acceptors (Lipinski definition) is 4. The van der Waals surface area contributed by atoms with Crippen LogP contribution in [0.15, 0.2) is 51.4 Å². The van der Waals surface area contributed by atoms with Crippen molar-refractivity contribution >= 4 is 60.9 Å². The number of halogens is 2. The average molecular weight is 477 g/mol. The summed E-state index contributed by atoms with van der Waals surface area (Å²) in [4.78, 5) is 16.0. The van der Waals surface area contributed by atoms with Crippen LogP contribution < -0.4 is 9.47 Å². The van der Waals surface area contributed by atoms with Gasteiger partial charge in [0.05, 0.1) is 17.3 Å². The maximum Gasteiger partial charge on any atom is 0.308 e. The van der Waals surface area contributed by atoms with Crippen LogP contribution in [0.25, 0.3) is 23.1 Å². The zero-order valence-corrected chi connectivity index (χ0v) is 17.3. The van der Waals surface area contributed by atoms with Crippen molar-refractivity contribution in [3.63, 3.8) is 0 Å². The number of para-hydroxylation sites is 1. The highest BCUT2D eigenvalue weighted by molar-refractivity contribution is 9.11. The molecular weight excluding hydrogens is 462 g/mol. The number of aromatic nitrogens is 1. The summed E-state index contributed by atoms with van der Waals surface area (Å²) in [6.45, 7) is 1.37. The minimum atomic E-state index is -0.378. The van der Waals surface area contributed by atoms with Gasteiger partial charge in [-0.2, -0.15) is 0 Å². The van der Waals surface area contributed by atoms with Gasteiger partial charge in [0.15, 0.2) is 5.75 Å². The molecule has 132 valence electrons. The van der Waals surface area contributed by atoms with E-state index in [4.69, 9.17) is 9.47 Å². The fourth-order valence-corrected chi connectivity index (χ4v) is 3.86. The lowest BCUT2D eigenvalue weighted by atomic mass is 10.1. The molecule has 0 aliphatic carbocycles. The molecule has 0 aliphatic rings. The topological polar surface area (TPSA) is 48.4 Å². The normalized spacial score (nSPS) is 11.1. The Balaban J connectivity index is 2.02. The predicted octanol–water partition coefficient (Wildman–Crippen LogP) is 5.86. The van der Waals surface area contributed by atoms with Crippen LogP contribution in [0.5, 0.6) is 11.5 Å². The van der Waals surface area contributed by atoms with Crippen LogP contribution in [-0.4, -0.2) is 18.1 Å². The number of carbonyl (C=O) groups is 1. The van der Waals surface area contributed by atoms with E-state index < -0.39 is 0 Å². The molecule has 0 amide bonds. The Kier molecular flexibility index (Phi) is 5.74. The highest BCUT2D eigenvalue weighted by Gasteiger charge is 2.11. The summed E-state index contributed by atoms with van der Waals surface area (Å²) >= 11 is 6.89. The van der Waals surface area contributed by atoms with Crippen LogP contribution in [0.1, 0.15) is 18.2 Å². The van der Waals surface area contributed by atoms with E-state index in [0.717, 1.165) is 32.4 Å². The first kappa shape index (κ1) is 18.6. The maximum atomic E-state index is 11.4. The zero-order chi connectivity index (χ0) is 18.7. The lowest BCUT2D eigenvalue weighted by molar-refractivity contribution is -0.131. The molecule has 0 atom stereocenters. The fourth-order valence-electron chi connectivity index (χ4n) is 2.52. The van der Waals surface area contributed by atoms with Crippen LogP contribution >= 0.6 is 31.9 Å². The minimum absolute atomic E-state index is 0.378. The quantitative estimate of drug-likeness (QED) is 0.349. The van der Waals surface area contributed by atoms with E-state index in [1.54, 1.807) is 7.11 Å². The lowest BCUT2D eigenvalue weighted by Crippen LogP contribution is -2.03. The standard InChI is InChI=1S/C20H15Br2NO3/c1-12(24)26-20-14(10-15(21)11-17(20)22)7-9-16-8-6-13-4-3-5-18(25-2)19(13)23-16/h3-11H,1-2H3/b9-7-. The molecule has 0 spiro atoms. The van der Waals surface area contributed by atoms with Gasteiger partial charge < -0.3 is 9.47 Å². The number of benzene rings is 2. The summed E-state index contributed by atoms with van der Waals surface area (Å²) < 4.78 is 12.3. The van der Waals surface area contributed by atoms with Crippen LogP contribution in [0.4, 0.5) is 0 Å². The van der Waals surface area contributed by atoms with Crippen molar-refractivity contribution in [2.24, 2.45) is 0 Å². The fraction of sp³-hybridized carbons (Fsp3) is 0.100. The van der Waals surface area contributed by atoms with Crippen LogP contribution in [0.3, 0.4) is 0 Å². The van der Waals surface area contributed by atoms with Crippen molar-refractivity contribution in [1.29, 1.82) is 0 Å². The summed E-state index contributed by atoms with van der Waals surface area (Å²) in [5, 5.41) is 1.01. The monoisotopic (exact) mass is 475 g/mol. The Labute approximate surface area is 168 Å². The van der Waals surface area contributed by atoms with Crippen molar-refractivity contribution < 1.29 is 14.3 Å². The van der Waals surface area contributed by atoms with Gasteiger partial charge in [0, 0.05) is 22.3 Å². The van der Waals surface area contributed by atoms with Gasteiger partial charge in [-0.1, -0.05) is 34.1 Å². The van der Waals surface area contributed by atoms with Gasteiger partial charge in [0.2, 0.25) is 0 Å². The molecular formula is C20H15Br2NO3. The molecule has 6 heteroatoms. The molecule has 0 saturated heterocycles. The van der Waals surface area contributed by atoms with Crippen molar-refractivity contribution in [1.82, 2.24) is 4.98 Å². The maximum absolute atomic E-state index is 11.4. The molecule has 0 radical (unpaired) electrons. The summed E-state index contributed by atoms with van der Waals surface area (Å²) in [7, 11) is 1.63. The van der Waals surface area contributed by atoms with E-state index >= 15 is 0 Å². The summed E-state index contributed by atoms with van der Waals surface area (Å²) in [6.07, 6.45) is 3.73. The molecule has 2 aromatic carbocycles. The zero-order valence-electron chi connectivity index (χ0n) is 14.1. The number of rotatable bonds is 4. The van der Waals surface area contributed by atoms with E-state index in [9.17, 15) is 4.79 Å². The highest BCUT2D eigenvalue weighted by atomic mass is 79.9. The molecule has 26 heavy (non-hydrogen) atoms. The molecule has 0 fully saturated rings. The second-order valence-corrected chi connectivity index (χ2v) is 7.27. The van der Waals surface area contributed by atoms with Crippen molar-refractivity contribution in [3.05, 3.63) is 62.7 Å². The number of hydrogen-bond donors (Lipinski definition) is 0. The van der Waals surface area contributed by atoms with Gasteiger partial charge in [-0.25, -0.2) is 4.98 Å². The number of pyridine rings is 1. The van der Waals surface area contributed by atoms with Crippen molar-refractivity contribution in [2.75, 3.05) is 7.11 Å². The van der Waals surface area contributed by atoms with Crippen LogP contribution in [-0.2, 0) is 4.79 Å². The van der Waals surface area contributed by atoms with Gasteiger partial charge in [-0.15, -0.1) is 0 Å². The molecule has 3 aromatic rings. The largest absolute Gasteiger partial charge is 0.494 e. The number of fused-ring (bicyclic) bond motifs is 1.